The van der Waals surface area contributed by atoms with Gasteiger partial charge in [-0.3, -0.25) is 0 Å². The molecular weight excluding hydrogens is 184 g/mol. The van der Waals surface area contributed by atoms with Crippen LogP contribution in [0.5, 0.6) is 0 Å². The quantitative estimate of drug-likeness (QED) is 0.551. The minimum atomic E-state index is -1.07. The van der Waals surface area contributed by atoms with Crippen molar-refractivity contribution >= 4 is 5.97 Å². The van der Waals surface area contributed by atoms with E-state index >= 15 is 0 Å². The summed E-state index contributed by atoms with van der Waals surface area (Å²) in [6, 6.07) is 0. The second-order valence-electron chi connectivity index (χ2n) is 1.92. The fraction of sp³-hybridized carbons (Fsp3) is 0.900. The lowest BCUT2D eigenvalue weighted by atomic mass is 10.4. The fourth-order valence-electron chi connectivity index (χ4n) is 0.358. The number of hydrogen-bond acceptors (Lipinski definition) is 4. The largest absolute Gasteiger partial charge is 0.464 e. The predicted molar refractivity (Wildman–Crippen MR) is 61.3 cm³/mol. The summed E-state index contributed by atoms with van der Waals surface area (Å²) >= 11 is 0. The highest BCUT2D eigenvalue weighted by atomic mass is 16.5. The predicted octanol–water partition coefficient (Wildman–Crippen LogP) is 1.84. The third-order valence-corrected chi connectivity index (χ3v) is 0.888. The Bertz CT molecular complexity index is 102. The third-order valence-electron chi connectivity index (χ3n) is 0.888. The van der Waals surface area contributed by atoms with Crippen molar-refractivity contribution in [2.24, 2.45) is 0 Å². The van der Waals surface area contributed by atoms with Crippen LogP contribution in [0.15, 0.2) is 0 Å². The van der Waals surface area contributed by atoms with Crippen molar-refractivity contribution in [3.63, 3.8) is 0 Å². The lowest BCUT2D eigenvalue weighted by Crippen LogP contribution is -2.19. The number of ether oxygens (including phenoxy) is 1. The Morgan fingerprint density at radius 3 is 2.00 bits per heavy atom. The average molecular weight is 212 g/mol. The molecule has 0 aliphatic heterocycles. The summed E-state index contributed by atoms with van der Waals surface area (Å²) < 4.78 is 4.49. The topological polar surface area (TPSA) is 66.8 Å². The van der Waals surface area contributed by atoms with Gasteiger partial charge in [-0.05, 0) is 6.92 Å². The van der Waals surface area contributed by atoms with Gasteiger partial charge in [0.25, 0.3) is 0 Å². The minimum absolute atomic E-state index is 0. The lowest BCUT2D eigenvalue weighted by Gasteiger charge is -2.04. The van der Waals surface area contributed by atoms with Gasteiger partial charge in [-0.1, -0.05) is 29.7 Å². The number of carbonyl (C=O) groups is 1. The van der Waals surface area contributed by atoms with Gasteiger partial charge in [0.2, 0.25) is 0 Å². The van der Waals surface area contributed by atoms with E-state index in [2.05, 4.69) is 4.74 Å². The molecule has 0 aromatic rings. The number of carbonyl (C=O) groups excluding carboxylic acids is 1. The van der Waals surface area contributed by atoms with Crippen molar-refractivity contribution in [3.8, 4) is 0 Å². The summed E-state index contributed by atoms with van der Waals surface area (Å²) in [6.45, 7) is 1.49. The molecule has 0 radical (unpaired) electrons. The first-order valence-corrected chi connectivity index (χ1v) is 3.14. The number of hydrogen-bond donors (Lipinski definition) is 2. The van der Waals surface area contributed by atoms with Gasteiger partial charge in [0.1, 0.15) is 6.10 Å². The molecule has 0 aliphatic rings. The van der Waals surface area contributed by atoms with Crippen LogP contribution in [-0.4, -0.2) is 35.5 Å². The monoisotopic (exact) mass is 212 g/mol. The second kappa shape index (κ2) is 18.2. The summed E-state index contributed by atoms with van der Waals surface area (Å²) in [4.78, 5) is 10.5. The third kappa shape index (κ3) is 17.5. The van der Waals surface area contributed by atoms with Gasteiger partial charge in [0, 0.05) is 13.0 Å². The zero-order chi connectivity index (χ0) is 7.98. The molecule has 4 heteroatoms. The van der Waals surface area contributed by atoms with E-state index in [9.17, 15) is 4.79 Å². The van der Waals surface area contributed by atoms with Crippen molar-refractivity contribution in [1.29, 1.82) is 0 Å². The van der Waals surface area contributed by atoms with Crippen LogP contribution in [0.1, 0.15) is 43.1 Å². The van der Waals surface area contributed by atoms with Crippen molar-refractivity contribution in [2.45, 2.75) is 49.2 Å². The van der Waals surface area contributed by atoms with Gasteiger partial charge in [0.05, 0.1) is 6.61 Å². The van der Waals surface area contributed by atoms with Gasteiger partial charge in [-0.15, -0.1) is 0 Å². The molecule has 0 aromatic carbocycles. The van der Waals surface area contributed by atoms with E-state index in [0.717, 1.165) is 0 Å². The molecule has 1 atom stereocenters. The molecule has 0 heterocycles. The van der Waals surface area contributed by atoms with Gasteiger partial charge in [0.15, 0.2) is 0 Å². The van der Waals surface area contributed by atoms with E-state index in [-0.39, 0.29) is 42.9 Å². The number of rotatable bonds is 4. The molecule has 0 spiro atoms. The summed E-state index contributed by atoms with van der Waals surface area (Å²) in [7, 11) is 0. The molecule has 0 saturated carbocycles. The van der Waals surface area contributed by atoms with Crippen molar-refractivity contribution in [3.05, 3.63) is 0 Å². The molecule has 0 bridgehead atoms. The molecule has 0 amide bonds. The van der Waals surface area contributed by atoms with Crippen LogP contribution in [0.3, 0.4) is 0 Å². The Morgan fingerprint density at radius 2 is 1.71 bits per heavy atom. The molecule has 0 fully saturated rings. The maximum absolute atomic E-state index is 10.5. The molecule has 92 valence electrons. The molecular formula is C10H28O4. The van der Waals surface area contributed by atoms with Crippen LogP contribution < -0.4 is 0 Å². The highest BCUT2D eigenvalue weighted by molar-refractivity contribution is 5.73. The first-order chi connectivity index (χ1) is 4.68. The normalized spacial score (nSPS) is 9.07. The maximum Gasteiger partial charge on any atom is 0.334 e. The highest BCUT2D eigenvalue weighted by Crippen LogP contribution is 1.87. The molecule has 0 aromatic heterocycles. The van der Waals surface area contributed by atoms with Gasteiger partial charge in [-0.2, -0.15) is 0 Å². The molecule has 0 aliphatic carbocycles. The molecule has 14 heavy (non-hydrogen) atoms. The highest BCUT2D eigenvalue weighted by Gasteiger charge is 2.08. The van der Waals surface area contributed by atoms with Gasteiger partial charge >= 0.3 is 5.97 Å². The van der Waals surface area contributed by atoms with Crippen LogP contribution in [-0.2, 0) is 9.53 Å². The van der Waals surface area contributed by atoms with Crippen LogP contribution in [0.4, 0.5) is 0 Å². The van der Waals surface area contributed by atoms with E-state index in [0.29, 0.717) is 6.42 Å². The first-order valence-electron chi connectivity index (χ1n) is 3.14. The van der Waals surface area contributed by atoms with E-state index in [4.69, 9.17) is 10.2 Å². The van der Waals surface area contributed by atoms with Crippen LogP contribution in [0.25, 0.3) is 0 Å². The van der Waals surface area contributed by atoms with E-state index in [1.54, 1.807) is 0 Å². The molecule has 1 unspecified atom stereocenters. The van der Waals surface area contributed by atoms with Gasteiger partial charge < -0.3 is 14.9 Å². The van der Waals surface area contributed by atoms with Crippen LogP contribution >= 0.6 is 0 Å². The zero-order valence-electron chi connectivity index (χ0n) is 5.91. The Labute approximate surface area is 88.9 Å². The summed E-state index contributed by atoms with van der Waals surface area (Å²) in [6.07, 6.45) is -0.656. The van der Waals surface area contributed by atoms with Crippen LogP contribution in [0, 0.1) is 0 Å². The van der Waals surface area contributed by atoms with Crippen LogP contribution in [0.2, 0.25) is 0 Å². The molecule has 0 saturated heterocycles. The SMILES string of the molecule is C.C.C.C.CC(O)C(=O)OCCCO. The first kappa shape index (κ1) is 29.2. The van der Waals surface area contributed by atoms with E-state index in [1.807, 2.05) is 0 Å². The van der Waals surface area contributed by atoms with E-state index in [1.165, 1.54) is 6.92 Å². The standard InChI is InChI=1S/C6H12O4.4CH4/c1-5(8)6(9)10-4-2-3-7;;;;/h5,7-8H,2-4H2,1H3;4*1H4. The Hall–Kier alpha value is -0.610. The Kier molecular flexibility index (Phi) is 38.0. The minimum Gasteiger partial charge on any atom is -0.464 e. The zero-order valence-corrected chi connectivity index (χ0v) is 5.91. The maximum atomic E-state index is 10.5. The Morgan fingerprint density at radius 1 is 1.29 bits per heavy atom. The van der Waals surface area contributed by atoms with Gasteiger partial charge in [-0.25, -0.2) is 4.79 Å². The smallest absolute Gasteiger partial charge is 0.334 e. The van der Waals surface area contributed by atoms with E-state index < -0.39 is 12.1 Å². The molecule has 4 nitrogen and oxygen atoms in total. The number of esters is 1. The number of aliphatic hydroxyl groups excluding tert-OH is 2. The van der Waals surface area contributed by atoms with Crippen molar-refractivity contribution < 1.29 is 19.7 Å². The lowest BCUT2D eigenvalue weighted by molar-refractivity contribution is -0.152. The number of aliphatic hydroxyl groups is 2. The molecule has 2 N–H and O–H groups in total. The molecule has 0 rings (SSSR count). The average Bonchev–Trinajstić information content (AvgIpc) is 1.88. The fourth-order valence-corrected chi connectivity index (χ4v) is 0.358. The Balaban J connectivity index is -0.0000000675. The summed E-state index contributed by atoms with van der Waals surface area (Å²) in [5.74, 6) is -0.645. The summed E-state index contributed by atoms with van der Waals surface area (Å²) in [5, 5.41) is 16.8. The van der Waals surface area contributed by atoms with Crippen molar-refractivity contribution in [2.75, 3.05) is 13.2 Å². The van der Waals surface area contributed by atoms with Crippen molar-refractivity contribution in [1.82, 2.24) is 0 Å². The second-order valence-corrected chi connectivity index (χ2v) is 1.92. The summed E-state index contributed by atoms with van der Waals surface area (Å²) in [5.41, 5.74) is 0.